The van der Waals surface area contributed by atoms with E-state index in [1.54, 1.807) is 16.8 Å². The summed E-state index contributed by atoms with van der Waals surface area (Å²) >= 11 is 12.1. The summed E-state index contributed by atoms with van der Waals surface area (Å²) in [6, 6.07) is 5.28. The Balaban J connectivity index is 1.92. The number of nitrogens with zero attached hydrogens (tertiary/aromatic N) is 2. The summed E-state index contributed by atoms with van der Waals surface area (Å²) in [5.41, 5.74) is 2.53. The minimum Gasteiger partial charge on any atom is -0.381 e. The van der Waals surface area contributed by atoms with Gasteiger partial charge in [-0.2, -0.15) is 5.10 Å². The first-order chi connectivity index (χ1) is 11.5. The van der Waals surface area contributed by atoms with Gasteiger partial charge < -0.3 is 10.1 Å². The molecule has 3 rings (SSSR count). The van der Waals surface area contributed by atoms with Gasteiger partial charge in [0.2, 0.25) is 5.91 Å². The molecule has 1 N–H and O–H groups in total. The van der Waals surface area contributed by atoms with Gasteiger partial charge in [0, 0.05) is 24.7 Å². The zero-order valence-electron chi connectivity index (χ0n) is 13.6. The molecule has 0 bridgehead atoms. The monoisotopic (exact) mass is 367 g/mol. The molecule has 1 aromatic heterocycles. The molecule has 1 fully saturated rings. The minimum absolute atomic E-state index is 0.00242. The van der Waals surface area contributed by atoms with Crippen LogP contribution in [0.4, 0.5) is 5.82 Å². The highest BCUT2D eigenvalue weighted by atomic mass is 35.5. The highest BCUT2D eigenvalue weighted by Gasteiger charge is 2.24. The average Bonchev–Trinajstić information content (AvgIpc) is 2.86. The third-order valence-electron chi connectivity index (χ3n) is 4.34. The number of aryl methyl sites for hydroxylation is 1. The van der Waals surface area contributed by atoms with Gasteiger partial charge in [0.05, 0.1) is 21.4 Å². The first-order valence-corrected chi connectivity index (χ1v) is 8.63. The number of anilines is 1. The number of benzene rings is 1. The predicted molar refractivity (Wildman–Crippen MR) is 95.2 cm³/mol. The molecule has 2 heterocycles. The van der Waals surface area contributed by atoms with E-state index in [4.69, 9.17) is 27.9 Å². The highest BCUT2D eigenvalue weighted by Crippen LogP contribution is 2.29. The fraction of sp³-hybridized carbons (Fsp3) is 0.412. The smallest absolute Gasteiger partial charge is 0.228 e. The molecule has 1 saturated heterocycles. The number of rotatable bonds is 3. The molecule has 0 unspecified atom stereocenters. The topological polar surface area (TPSA) is 56.2 Å². The van der Waals surface area contributed by atoms with Crippen LogP contribution in [0.1, 0.15) is 24.1 Å². The largest absolute Gasteiger partial charge is 0.381 e. The van der Waals surface area contributed by atoms with Crippen molar-refractivity contribution in [2.45, 2.75) is 26.7 Å². The Morgan fingerprint density at radius 1 is 1.25 bits per heavy atom. The molecule has 5 nitrogen and oxygen atoms in total. The van der Waals surface area contributed by atoms with Crippen LogP contribution in [0.2, 0.25) is 10.0 Å². The molecule has 1 aliphatic heterocycles. The van der Waals surface area contributed by atoms with Crippen LogP contribution in [0.25, 0.3) is 5.69 Å². The number of nitrogens with one attached hydrogen (secondary N) is 1. The Labute approximate surface area is 150 Å². The van der Waals surface area contributed by atoms with Crippen LogP contribution in [0.5, 0.6) is 0 Å². The van der Waals surface area contributed by atoms with Crippen molar-refractivity contribution in [3.8, 4) is 5.69 Å². The number of aromatic nitrogens is 2. The van der Waals surface area contributed by atoms with Crippen molar-refractivity contribution in [1.82, 2.24) is 9.78 Å². The normalized spacial score (nSPS) is 15.5. The van der Waals surface area contributed by atoms with Gasteiger partial charge >= 0.3 is 0 Å². The van der Waals surface area contributed by atoms with Gasteiger partial charge in [0.1, 0.15) is 5.82 Å². The summed E-state index contributed by atoms with van der Waals surface area (Å²) in [6.45, 7) is 5.10. The van der Waals surface area contributed by atoms with E-state index in [9.17, 15) is 4.79 Å². The summed E-state index contributed by atoms with van der Waals surface area (Å²) in [4.78, 5) is 12.6. The van der Waals surface area contributed by atoms with Crippen LogP contribution in [-0.2, 0) is 9.53 Å². The van der Waals surface area contributed by atoms with Crippen molar-refractivity contribution in [2.24, 2.45) is 5.92 Å². The van der Waals surface area contributed by atoms with Crippen molar-refractivity contribution in [1.29, 1.82) is 0 Å². The van der Waals surface area contributed by atoms with Crippen molar-refractivity contribution >= 4 is 34.9 Å². The molecule has 0 radical (unpaired) electrons. The first kappa shape index (κ1) is 17.3. The molecule has 24 heavy (non-hydrogen) atoms. The second kappa shape index (κ2) is 7.13. The van der Waals surface area contributed by atoms with Crippen LogP contribution in [0.3, 0.4) is 0 Å². The summed E-state index contributed by atoms with van der Waals surface area (Å²) in [6.07, 6.45) is 1.48. The molecule has 7 heteroatoms. The maximum atomic E-state index is 12.6. The zero-order valence-corrected chi connectivity index (χ0v) is 15.1. The lowest BCUT2D eigenvalue weighted by molar-refractivity contribution is -0.122. The second-order valence-corrected chi connectivity index (χ2v) is 6.76. The average molecular weight is 368 g/mol. The van der Waals surface area contributed by atoms with Crippen LogP contribution in [0.15, 0.2) is 18.2 Å². The van der Waals surface area contributed by atoms with Gasteiger partial charge in [0.15, 0.2) is 0 Å². The first-order valence-electron chi connectivity index (χ1n) is 7.87. The predicted octanol–water partition coefficient (Wildman–Crippen LogP) is 4.16. The van der Waals surface area contributed by atoms with Crippen LogP contribution < -0.4 is 5.32 Å². The second-order valence-electron chi connectivity index (χ2n) is 5.95. The van der Waals surface area contributed by atoms with Gasteiger partial charge in [-0.25, -0.2) is 4.68 Å². The van der Waals surface area contributed by atoms with Crippen molar-refractivity contribution in [2.75, 3.05) is 18.5 Å². The minimum atomic E-state index is -0.0318. The maximum absolute atomic E-state index is 12.6. The van der Waals surface area contributed by atoms with Gasteiger partial charge in [-0.1, -0.05) is 23.2 Å². The van der Waals surface area contributed by atoms with E-state index in [2.05, 4.69) is 10.4 Å². The molecule has 1 aromatic carbocycles. The lowest BCUT2D eigenvalue weighted by Crippen LogP contribution is -2.29. The summed E-state index contributed by atoms with van der Waals surface area (Å²) in [7, 11) is 0. The van der Waals surface area contributed by atoms with Gasteiger partial charge in [-0.05, 0) is 44.9 Å². The standard InChI is InChI=1S/C17H19Cl2N3O2/c1-10-11(2)21-22(13-3-4-14(18)15(19)9-13)16(10)20-17(23)12-5-7-24-8-6-12/h3-4,9,12H,5-8H2,1-2H3,(H,20,23). The maximum Gasteiger partial charge on any atom is 0.228 e. The van der Waals surface area contributed by atoms with E-state index in [-0.39, 0.29) is 11.8 Å². The van der Waals surface area contributed by atoms with E-state index in [0.717, 1.165) is 29.8 Å². The van der Waals surface area contributed by atoms with Gasteiger partial charge in [-0.15, -0.1) is 0 Å². The molecule has 0 spiro atoms. The van der Waals surface area contributed by atoms with Crippen LogP contribution in [0, 0.1) is 19.8 Å². The summed E-state index contributed by atoms with van der Waals surface area (Å²) < 4.78 is 7.02. The Morgan fingerprint density at radius 2 is 1.96 bits per heavy atom. The number of amides is 1. The quantitative estimate of drug-likeness (QED) is 0.885. The SMILES string of the molecule is Cc1nn(-c2ccc(Cl)c(Cl)c2)c(NC(=O)C2CCOCC2)c1C. The van der Waals surface area contributed by atoms with E-state index in [1.165, 1.54) is 0 Å². The highest BCUT2D eigenvalue weighted by molar-refractivity contribution is 6.42. The van der Waals surface area contributed by atoms with Crippen molar-refractivity contribution in [3.63, 3.8) is 0 Å². The number of hydrogen-bond acceptors (Lipinski definition) is 3. The number of carbonyl (C=O) groups is 1. The summed E-state index contributed by atoms with van der Waals surface area (Å²) in [5, 5.41) is 8.48. The van der Waals surface area contributed by atoms with E-state index in [1.807, 2.05) is 19.9 Å². The summed E-state index contributed by atoms with van der Waals surface area (Å²) in [5.74, 6) is 0.639. The van der Waals surface area contributed by atoms with Crippen LogP contribution >= 0.6 is 23.2 Å². The number of carbonyl (C=O) groups excluding carboxylic acids is 1. The molecule has 0 saturated carbocycles. The van der Waals surface area contributed by atoms with Crippen molar-refractivity contribution < 1.29 is 9.53 Å². The third-order valence-corrected chi connectivity index (χ3v) is 5.08. The Hall–Kier alpha value is -1.56. The molecule has 2 aromatic rings. The third kappa shape index (κ3) is 3.43. The number of hydrogen-bond donors (Lipinski definition) is 1. The lowest BCUT2D eigenvalue weighted by atomic mass is 9.99. The Morgan fingerprint density at radius 3 is 2.62 bits per heavy atom. The van der Waals surface area contributed by atoms with Crippen LogP contribution in [-0.4, -0.2) is 28.9 Å². The van der Waals surface area contributed by atoms with E-state index >= 15 is 0 Å². The van der Waals surface area contributed by atoms with Gasteiger partial charge in [0.25, 0.3) is 0 Å². The molecular formula is C17H19Cl2N3O2. The molecular weight excluding hydrogens is 349 g/mol. The fourth-order valence-corrected chi connectivity index (χ4v) is 3.03. The number of ether oxygens (including phenoxy) is 1. The molecule has 1 amide bonds. The molecule has 1 aliphatic rings. The Bertz CT molecular complexity index is 767. The molecule has 128 valence electrons. The number of halogens is 2. The molecule has 0 aliphatic carbocycles. The lowest BCUT2D eigenvalue weighted by Gasteiger charge is -2.21. The van der Waals surface area contributed by atoms with Gasteiger partial charge in [-0.3, -0.25) is 4.79 Å². The fourth-order valence-electron chi connectivity index (χ4n) is 2.73. The van der Waals surface area contributed by atoms with Crippen molar-refractivity contribution in [3.05, 3.63) is 39.5 Å². The Kier molecular flexibility index (Phi) is 5.13. The zero-order chi connectivity index (χ0) is 17.3. The van der Waals surface area contributed by atoms with E-state index in [0.29, 0.717) is 29.1 Å². The van der Waals surface area contributed by atoms with E-state index < -0.39 is 0 Å². The molecule has 0 atom stereocenters.